The first-order valence-electron chi connectivity index (χ1n) is 6.04. The molecule has 0 saturated heterocycles. The van der Waals surface area contributed by atoms with E-state index < -0.39 is 0 Å². The molecule has 7 nitrogen and oxygen atoms in total. The van der Waals surface area contributed by atoms with Gasteiger partial charge in [-0.25, -0.2) is 4.98 Å². The van der Waals surface area contributed by atoms with Crippen molar-refractivity contribution in [1.29, 1.82) is 0 Å². The quantitative estimate of drug-likeness (QED) is 0.830. The van der Waals surface area contributed by atoms with Gasteiger partial charge in [0.15, 0.2) is 0 Å². The average Bonchev–Trinajstić information content (AvgIpc) is 2.86. The van der Waals surface area contributed by atoms with Crippen LogP contribution < -0.4 is 5.32 Å². The molecule has 1 aromatic heterocycles. The van der Waals surface area contributed by atoms with E-state index in [0.29, 0.717) is 28.8 Å². The fraction of sp³-hybridized carbons (Fsp3) is 0.250. The number of hydrogen-bond acceptors (Lipinski definition) is 7. The molecule has 110 valence electrons. The predicted molar refractivity (Wildman–Crippen MR) is 80.9 cm³/mol. The van der Waals surface area contributed by atoms with Crippen molar-refractivity contribution in [3.05, 3.63) is 23.0 Å². The molecule has 0 atom stereocenters. The van der Waals surface area contributed by atoms with Crippen LogP contribution in [0.4, 0.5) is 16.5 Å². The van der Waals surface area contributed by atoms with Crippen LogP contribution in [-0.2, 0) is 4.79 Å². The van der Waals surface area contributed by atoms with Gasteiger partial charge in [-0.3, -0.25) is 4.79 Å². The summed E-state index contributed by atoms with van der Waals surface area (Å²) in [6.07, 6.45) is 0.301. The molecule has 2 N–H and O–H groups in total. The summed E-state index contributed by atoms with van der Waals surface area (Å²) in [7, 11) is 0. The van der Waals surface area contributed by atoms with Gasteiger partial charge in [-0.05, 0) is 13.0 Å². The van der Waals surface area contributed by atoms with E-state index in [9.17, 15) is 9.90 Å². The molecule has 0 aliphatic rings. The lowest BCUT2D eigenvalue weighted by Crippen LogP contribution is -2.09. The smallest absolute Gasteiger partial charge is 0.249 e. The predicted octanol–water partition coefficient (Wildman–Crippen LogP) is 3.97. The molecule has 0 spiro atoms. The second kappa shape index (κ2) is 6.59. The first-order valence-corrected chi connectivity index (χ1v) is 7.19. The number of aryl methyl sites for hydroxylation is 1. The van der Waals surface area contributed by atoms with Gasteiger partial charge < -0.3 is 10.4 Å². The number of benzene rings is 1. The molecule has 1 aromatic carbocycles. The first-order chi connectivity index (χ1) is 9.99. The second-order valence-corrected chi connectivity index (χ2v) is 5.18. The molecular formula is C12H12ClN5O2S. The Morgan fingerprint density at radius 2 is 2.24 bits per heavy atom. The number of halogens is 1. The molecular weight excluding hydrogens is 314 g/mol. The lowest BCUT2D eigenvalue weighted by Gasteiger charge is -2.08. The Labute approximate surface area is 129 Å². The Bertz CT molecular complexity index is 701. The average molecular weight is 326 g/mol. The third-order valence-electron chi connectivity index (χ3n) is 2.42. The molecule has 0 aliphatic heterocycles. The zero-order valence-electron chi connectivity index (χ0n) is 11.3. The number of aromatic hydroxyl groups is 1. The summed E-state index contributed by atoms with van der Waals surface area (Å²) in [4.78, 5) is 15.5. The van der Waals surface area contributed by atoms with Crippen LogP contribution in [0.15, 0.2) is 22.4 Å². The van der Waals surface area contributed by atoms with Gasteiger partial charge in [0.05, 0.1) is 10.7 Å². The lowest BCUT2D eigenvalue weighted by molar-refractivity contribution is -0.115. The van der Waals surface area contributed by atoms with E-state index in [-0.39, 0.29) is 16.7 Å². The fourth-order valence-corrected chi connectivity index (χ4v) is 2.06. The zero-order valence-corrected chi connectivity index (χ0v) is 12.9. The number of phenolic OH excluding ortho intramolecular Hbond substituents is 1. The van der Waals surface area contributed by atoms with Gasteiger partial charge in [-0.15, -0.1) is 10.2 Å². The van der Waals surface area contributed by atoms with Crippen LogP contribution in [0.3, 0.4) is 0 Å². The van der Waals surface area contributed by atoms with E-state index in [2.05, 4.69) is 24.9 Å². The second-order valence-electron chi connectivity index (χ2n) is 4.05. The maximum absolute atomic E-state index is 11.5. The van der Waals surface area contributed by atoms with E-state index in [0.717, 1.165) is 11.5 Å². The number of phenols is 1. The topological polar surface area (TPSA) is 99.8 Å². The molecule has 9 heteroatoms. The summed E-state index contributed by atoms with van der Waals surface area (Å²) in [5, 5.41) is 20.7. The molecule has 1 amide bonds. The molecule has 2 rings (SSSR count). The van der Waals surface area contributed by atoms with Crippen molar-refractivity contribution in [3.8, 4) is 5.75 Å². The van der Waals surface area contributed by atoms with Crippen molar-refractivity contribution in [2.45, 2.75) is 20.3 Å². The molecule has 1 heterocycles. The van der Waals surface area contributed by atoms with Gasteiger partial charge in [0.1, 0.15) is 17.3 Å². The van der Waals surface area contributed by atoms with Crippen LogP contribution in [0, 0.1) is 6.92 Å². The standard InChI is InChI=1S/C12H12ClN5O2S/c1-3-11(20)15-8-5-10(19)7(13)4-9(8)16-17-12-14-6(2)18-21-12/h4-5,19H,3H2,1-2H3,(H,15,20)/b17-16+. The maximum atomic E-state index is 11.5. The first kappa shape index (κ1) is 15.3. The van der Waals surface area contributed by atoms with Crippen molar-refractivity contribution in [3.63, 3.8) is 0 Å². The number of nitrogens with zero attached hydrogens (tertiary/aromatic N) is 4. The van der Waals surface area contributed by atoms with Crippen LogP contribution in [0.1, 0.15) is 19.2 Å². The van der Waals surface area contributed by atoms with Crippen molar-refractivity contribution in [2.24, 2.45) is 10.2 Å². The molecule has 0 bridgehead atoms. The third kappa shape index (κ3) is 3.96. The highest BCUT2D eigenvalue weighted by Gasteiger charge is 2.10. The summed E-state index contributed by atoms with van der Waals surface area (Å²) < 4.78 is 3.99. The maximum Gasteiger partial charge on any atom is 0.249 e. The highest BCUT2D eigenvalue weighted by atomic mass is 35.5. The number of carbonyl (C=O) groups excluding carboxylic acids is 1. The van der Waals surface area contributed by atoms with E-state index >= 15 is 0 Å². The Balaban J connectivity index is 2.34. The molecule has 0 radical (unpaired) electrons. The van der Waals surface area contributed by atoms with Gasteiger partial charge in [-0.1, -0.05) is 18.5 Å². The van der Waals surface area contributed by atoms with Crippen LogP contribution in [0.5, 0.6) is 5.75 Å². The van der Waals surface area contributed by atoms with Crippen LogP contribution in [0.2, 0.25) is 5.02 Å². The summed E-state index contributed by atoms with van der Waals surface area (Å²) >= 11 is 6.96. The highest BCUT2D eigenvalue weighted by molar-refractivity contribution is 7.09. The number of aromatic nitrogens is 2. The van der Waals surface area contributed by atoms with Crippen LogP contribution in [-0.4, -0.2) is 20.4 Å². The number of azo groups is 1. The van der Waals surface area contributed by atoms with Crippen molar-refractivity contribution in [1.82, 2.24) is 9.36 Å². The Hall–Kier alpha value is -2.06. The minimum absolute atomic E-state index is 0.117. The number of amides is 1. The summed E-state index contributed by atoms with van der Waals surface area (Å²) in [6, 6.07) is 2.75. The SMILES string of the molecule is CCC(=O)Nc1cc(O)c(Cl)cc1/N=N/c1nc(C)ns1. The van der Waals surface area contributed by atoms with Crippen LogP contribution in [0.25, 0.3) is 0 Å². The Kier molecular flexibility index (Phi) is 4.81. The number of nitrogens with one attached hydrogen (secondary N) is 1. The van der Waals surface area contributed by atoms with Crippen molar-refractivity contribution >= 4 is 45.5 Å². The summed E-state index contributed by atoms with van der Waals surface area (Å²) in [5.41, 5.74) is 0.654. The number of carbonyl (C=O) groups is 1. The molecule has 0 saturated carbocycles. The number of anilines is 1. The van der Waals surface area contributed by atoms with Gasteiger partial charge in [0.25, 0.3) is 0 Å². The largest absolute Gasteiger partial charge is 0.506 e. The Morgan fingerprint density at radius 3 is 2.86 bits per heavy atom. The molecule has 0 fully saturated rings. The minimum Gasteiger partial charge on any atom is -0.506 e. The van der Waals surface area contributed by atoms with Crippen molar-refractivity contribution in [2.75, 3.05) is 5.32 Å². The van der Waals surface area contributed by atoms with Gasteiger partial charge in [0.2, 0.25) is 11.0 Å². The highest BCUT2D eigenvalue weighted by Crippen LogP contribution is 2.36. The van der Waals surface area contributed by atoms with Gasteiger partial charge in [0, 0.05) is 24.0 Å². The van der Waals surface area contributed by atoms with Gasteiger partial charge >= 0.3 is 0 Å². The minimum atomic E-state index is -0.208. The fourth-order valence-electron chi connectivity index (χ4n) is 1.40. The molecule has 2 aromatic rings. The lowest BCUT2D eigenvalue weighted by atomic mass is 10.2. The zero-order chi connectivity index (χ0) is 15.4. The summed E-state index contributed by atoms with van der Waals surface area (Å²) in [5.74, 6) is 0.255. The molecule has 21 heavy (non-hydrogen) atoms. The molecule has 0 aliphatic carbocycles. The monoisotopic (exact) mass is 325 g/mol. The van der Waals surface area contributed by atoms with Crippen LogP contribution >= 0.6 is 23.1 Å². The van der Waals surface area contributed by atoms with E-state index in [1.807, 2.05) is 0 Å². The van der Waals surface area contributed by atoms with E-state index in [1.165, 1.54) is 12.1 Å². The number of hydrogen-bond donors (Lipinski definition) is 2. The van der Waals surface area contributed by atoms with Crippen molar-refractivity contribution < 1.29 is 9.90 Å². The normalized spacial score (nSPS) is 11.0. The van der Waals surface area contributed by atoms with Gasteiger partial charge in [-0.2, -0.15) is 4.37 Å². The van der Waals surface area contributed by atoms with E-state index in [1.54, 1.807) is 13.8 Å². The Morgan fingerprint density at radius 1 is 1.48 bits per heavy atom. The number of rotatable bonds is 4. The van der Waals surface area contributed by atoms with E-state index in [4.69, 9.17) is 11.6 Å². The summed E-state index contributed by atoms with van der Waals surface area (Å²) in [6.45, 7) is 3.47. The molecule has 0 unspecified atom stereocenters. The third-order valence-corrected chi connectivity index (χ3v) is 3.41.